The van der Waals surface area contributed by atoms with Gasteiger partial charge in [0.2, 0.25) is 0 Å². The average molecular weight is 489 g/mol. The van der Waals surface area contributed by atoms with Gasteiger partial charge in [0.05, 0.1) is 12.2 Å². The highest BCUT2D eigenvalue weighted by Crippen LogP contribution is 2.16. The van der Waals surface area contributed by atoms with Crippen LogP contribution < -0.4 is 15.4 Å². The normalized spacial score (nSPS) is 14.9. The van der Waals surface area contributed by atoms with Crippen LogP contribution in [0.5, 0.6) is 5.75 Å². The van der Waals surface area contributed by atoms with Crippen LogP contribution in [0.1, 0.15) is 15.9 Å². The van der Waals surface area contributed by atoms with E-state index in [9.17, 15) is 9.59 Å². The molecule has 0 radical (unpaired) electrons. The fraction of sp³-hybridized carbons (Fsp3) is 0.208. The molecule has 3 aromatic rings. The second kappa shape index (κ2) is 12.8. The number of anilines is 1. The number of halogens is 2. The van der Waals surface area contributed by atoms with E-state index >= 15 is 0 Å². The molecule has 1 aliphatic heterocycles. The third-order valence-electron chi connectivity index (χ3n) is 5.12. The fourth-order valence-electron chi connectivity index (χ4n) is 3.46. The Morgan fingerprint density at radius 3 is 2.42 bits per heavy atom. The summed E-state index contributed by atoms with van der Waals surface area (Å²) in [5.74, 6) is 0.625. The molecular formula is C24H26Cl2N4O3. The summed E-state index contributed by atoms with van der Waals surface area (Å²) >= 11 is 0. The Hall–Kier alpha value is -3.13. The van der Waals surface area contributed by atoms with Crippen molar-refractivity contribution in [2.24, 2.45) is 0 Å². The number of aromatic nitrogens is 1. The first-order chi connectivity index (χ1) is 15.2. The molecule has 33 heavy (non-hydrogen) atoms. The van der Waals surface area contributed by atoms with Gasteiger partial charge in [-0.05, 0) is 36.4 Å². The number of amides is 2. The monoisotopic (exact) mass is 488 g/mol. The molecule has 1 aliphatic rings. The summed E-state index contributed by atoms with van der Waals surface area (Å²) in [5, 5.41) is 6.23. The number of hydrogen-bond acceptors (Lipinski definition) is 5. The second-order valence-electron chi connectivity index (χ2n) is 7.25. The third-order valence-corrected chi connectivity index (χ3v) is 5.12. The summed E-state index contributed by atoms with van der Waals surface area (Å²) < 4.78 is 5.80. The molecule has 2 N–H and O–H groups in total. The lowest BCUT2D eigenvalue weighted by Gasteiger charge is -2.35. The van der Waals surface area contributed by atoms with E-state index in [1.165, 1.54) is 0 Å². The predicted molar refractivity (Wildman–Crippen MR) is 133 cm³/mol. The Balaban J connectivity index is 0.00000193. The SMILES string of the molecule is Cl.Cl.O=C(c1ccccc1)c1ccc(NC(=O)N2CCNCC2COc2cccnc2)cc1. The van der Waals surface area contributed by atoms with Crippen molar-refractivity contribution < 1.29 is 14.3 Å². The van der Waals surface area contributed by atoms with Gasteiger partial charge in [-0.3, -0.25) is 9.78 Å². The minimum absolute atomic E-state index is 0. The number of pyridine rings is 1. The third kappa shape index (κ3) is 6.92. The molecule has 0 saturated carbocycles. The largest absolute Gasteiger partial charge is 0.490 e. The summed E-state index contributed by atoms with van der Waals surface area (Å²) in [5.41, 5.74) is 1.85. The van der Waals surface area contributed by atoms with Gasteiger partial charge in [0.15, 0.2) is 5.78 Å². The van der Waals surface area contributed by atoms with Gasteiger partial charge in [-0.2, -0.15) is 0 Å². The number of nitrogens with one attached hydrogen (secondary N) is 2. The van der Waals surface area contributed by atoms with E-state index in [4.69, 9.17) is 4.74 Å². The van der Waals surface area contributed by atoms with Gasteiger partial charge in [-0.25, -0.2) is 4.79 Å². The molecule has 0 aliphatic carbocycles. The molecule has 0 spiro atoms. The molecule has 174 valence electrons. The molecule has 1 fully saturated rings. The number of ether oxygens (including phenoxy) is 1. The summed E-state index contributed by atoms with van der Waals surface area (Å²) in [4.78, 5) is 31.2. The molecule has 2 aromatic carbocycles. The number of piperazine rings is 1. The van der Waals surface area contributed by atoms with Crippen molar-refractivity contribution in [2.45, 2.75) is 6.04 Å². The maximum Gasteiger partial charge on any atom is 0.322 e. The number of hydrogen-bond donors (Lipinski definition) is 2. The maximum absolute atomic E-state index is 12.9. The van der Waals surface area contributed by atoms with Crippen LogP contribution in [0, 0.1) is 0 Å². The highest BCUT2D eigenvalue weighted by atomic mass is 35.5. The Kier molecular flexibility index (Phi) is 10.1. The smallest absolute Gasteiger partial charge is 0.322 e. The van der Waals surface area contributed by atoms with Gasteiger partial charge in [0.1, 0.15) is 12.4 Å². The Labute approximate surface area is 205 Å². The quantitative estimate of drug-likeness (QED) is 0.511. The molecule has 2 heterocycles. The standard InChI is InChI=1S/C24H24N4O3.2ClH/c29-23(18-5-2-1-3-6-18)19-8-10-20(11-9-19)27-24(30)28-14-13-26-15-21(28)17-31-22-7-4-12-25-16-22;;/h1-12,16,21,26H,13-15,17H2,(H,27,30);2*1H. The van der Waals surface area contributed by atoms with Gasteiger partial charge in [0, 0.05) is 42.6 Å². The number of nitrogens with zero attached hydrogens (tertiary/aromatic N) is 2. The van der Waals surface area contributed by atoms with Crippen LogP contribution >= 0.6 is 24.8 Å². The highest BCUT2D eigenvalue weighted by Gasteiger charge is 2.27. The molecular weight excluding hydrogens is 463 g/mol. The summed E-state index contributed by atoms with van der Waals surface area (Å²) in [6.07, 6.45) is 3.34. The van der Waals surface area contributed by atoms with Crippen molar-refractivity contribution in [1.29, 1.82) is 0 Å². The molecule has 9 heteroatoms. The molecule has 7 nitrogen and oxygen atoms in total. The van der Waals surface area contributed by atoms with Crippen LogP contribution in [0.3, 0.4) is 0 Å². The van der Waals surface area contributed by atoms with Crippen molar-refractivity contribution in [3.63, 3.8) is 0 Å². The zero-order valence-corrected chi connectivity index (χ0v) is 19.5. The van der Waals surface area contributed by atoms with Gasteiger partial charge in [-0.1, -0.05) is 30.3 Å². The first-order valence-electron chi connectivity index (χ1n) is 10.2. The van der Waals surface area contributed by atoms with Crippen LogP contribution in [-0.4, -0.2) is 54.0 Å². The highest BCUT2D eigenvalue weighted by molar-refractivity contribution is 6.09. The molecule has 1 atom stereocenters. The van der Waals surface area contributed by atoms with E-state index in [0.717, 1.165) is 6.54 Å². The number of carbonyl (C=O) groups is 2. The van der Waals surface area contributed by atoms with Gasteiger partial charge >= 0.3 is 6.03 Å². The molecule has 2 amide bonds. The van der Waals surface area contributed by atoms with Crippen molar-refractivity contribution in [3.8, 4) is 5.75 Å². The zero-order valence-electron chi connectivity index (χ0n) is 17.8. The Morgan fingerprint density at radius 1 is 1.00 bits per heavy atom. The van der Waals surface area contributed by atoms with E-state index in [1.54, 1.807) is 53.7 Å². The first kappa shape index (κ1) is 26.1. The van der Waals surface area contributed by atoms with E-state index < -0.39 is 0 Å². The van der Waals surface area contributed by atoms with E-state index in [0.29, 0.717) is 42.3 Å². The lowest BCUT2D eigenvalue weighted by atomic mass is 10.0. The maximum atomic E-state index is 12.9. The summed E-state index contributed by atoms with van der Waals surface area (Å²) in [6.45, 7) is 2.33. The lowest BCUT2D eigenvalue weighted by molar-refractivity contribution is 0.103. The zero-order chi connectivity index (χ0) is 21.5. The predicted octanol–water partition coefficient (Wildman–Crippen LogP) is 4.04. The van der Waals surface area contributed by atoms with Crippen LogP contribution in [-0.2, 0) is 0 Å². The van der Waals surface area contributed by atoms with Crippen LogP contribution in [0.25, 0.3) is 0 Å². The summed E-state index contributed by atoms with van der Waals surface area (Å²) in [7, 11) is 0. The second-order valence-corrected chi connectivity index (χ2v) is 7.25. The molecule has 1 saturated heterocycles. The minimum atomic E-state index is -0.191. The number of urea groups is 1. The first-order valence-corrected chi connectivity index (χ1v) is 10.2. The van der Waals surface area contributed by atoms with Crippen LogP contribution in [0.15, 0.2) is 79.1 Å². The van der Waals surface area contributed by atoms with E-state index in [-0.39, 0.29) is 42.7 Å². The average Bonchev–Trinajstić information content (AvgIpc) is 2.84. The number of ketones is 1. The molecule has 0 bridgehead atoms. The van der Waals surface area contributed by atoms with E-state index in [2.05, 4.69) is 15.6 Å². The number of rotatable bonds is 6. The van der Waals surface area contributed by atoms with Gasteiger partial charge in [-0.15, -0.1) is 24.8 Å². The van der Waals surface area contributed by atoms with Crippen molar-refractivity contribution in [3.05, 3.63) is 90.3 Å². The van der Waals surface area contributed by atoms with Crippen LogP contribution in [0.4, 0.5) is 10.5 Å². The fourth-order valence-corrected chi connectivity index (χ4v) is 3.46. The number of benzene rings is 2. The van der Waals surface area contributed by atoms with Crippen molar-refractivity contribution in [1.82, 2.24) is 15.2 Å². The van der Waals surface area contributed by atoms with Gasteiger partial charge in [0.25, 0.3) is 0 Å². The van der Waals surface area contributed by atoms with Crippen molar-refractivity contribution >= 4 is 42.3 Å². The lowest BCUT2D eigenvalue weighted by Crippen LogP contribution is -2.57. The van der Waals surface area contributed by atoms with Gasteiger partial charge < -0.3 is 20.3 Å². The topological polar surface area (TPSA) is 83.6 Å². The van der Waals surface area contributed by atoms with E-state index in [1.807, 2.05) is 30.3 Å². The Morgan fingerprint density at radius 2 is 1.73 bits per heavy atom. The summed E-state index contributed by atoms with van der Waals surface area (Å²) in [6, 6.07) is 19.4. The molecule has 1 aromatic heterocycles. The molecule has 1 unspecified atom stereocenters. The number of carbonyl (C=O) groups excluding carboxylic acids is 2. The molecule has 4 rings (SSSR count). The Bertz CT molecular complexity index is 1020. The van der Waals surface area contributed by atoms with Crippen molar-refractivity contribution in [2.75, 3.05) is 31.6 Å². The van der Waals surface area contributed by atoms with Crippen LogP contribution in [0.2, 0.25) is 0 Å². The minimum Gasteiger partial charge on any atom is -0.490 e.